The second-order valence-corrected chi connectivity index (χ2v) is 4.36. The molecule has 0 saturated carbocycles. The Morgan fingerprint density at radius 1 is 1.21 bits per heavy atom. The van der Waals surface area contributed by atoms with Crippen molar-refractivity contribution in [2.24, 2.45) is 5.73 Å². The van der Waals surface area contributed by atoms with Crippen LogP contribution in [0.25, 0.3) is 0 Å². The molecule has 98 valence electrons. The Morgan fingerprint density at radius 2 is 1.95 bits per heavy atom. The van der Waals surface area contributed by atoms with E-state index >= 15 is 0 Å². The van der Waals surface area contributed by atoms with Crippen molar-refractivity contribution < 1.29 is 4.79 Å². The second-order valence-electron chi connectivity index (χ2n) is 4.36. The Bertz CT molecular complexity index is 539. The molecule has 0 saturated heterocycles. The van der Waals surface area contributed by atoms with Crippen LogP contribution in [0.1, 0.15) is 28.9 Å². The molecule has 0 aliphatic heterocycles. The average molecular weight is 256 g/mol. The topological polar surface area (TPSA) is 80.9 Å². The summed E-state index contributed by atoms with van der Waals surface area (Å²) in [4.78, 5) is 10.9. The van der Waals surface area contributed by atoms with E-state index in [9.17, 15) is 4.79 Å². The van der Waals surface area contributed by atoms with Crippen LogP contribution in [-0.4, -0.2) is 22.6 Å². The van der Waals surface area contributed by atoms with Crippen molar-refractivity contribution in [1.29, 1.82) is 0 Å². The Kier molecular flexibility index (Phi) is 4.07. The van der Waals surface area contributed by atoms with Crippen LogP contribution in [0.3, 0.4) is 0 Å². The first kappa shape index (κ1) is 13.0. The highest BCUT2D eigenvalue weighted by Gasteiger charge is 2.06. The Hall–Kier alpha value is -2.43. The van der Waals surface area contributed by atoms with Crippen molar-refractivity contribution in [3.05, 3.63) is 53.7 Å². The fourth-order valence-electron chi connectivity index (χ4n) is 1.72. The Balaban J connectivity index is 1.93. The van der Waals surface area contributed by atoms with Crippen LogP contribution in [0.4, 0.5) is 5.82 Å². The normalized spacial score (nSPS) is 11.8. The van der Waals surface area contributed by atoms with Gasteiger partial charge >= 0.3 is 0 Å². The predicted octanol–water partition coefficient (Wildman–Crippen LogP) is 1.79. The van der Waals surface area contributed by atoms with Gasteiger partial charge in [-0.15, -0.1) is 10.2 Å². The molecule has 1 aromatic carbocycles. The summed E-state index contributed by atoms with van der Waals surface area (Å²) >= 11 is 0. The lowest BCUT2D eigenvalue weighted by Gasteiger charge is -2.13. The molecule has 0 aliphatic rings. The van der Waals surface area contributed by atoms with E-state index in [4.69, 9.17) is 5.73 Å². The summed E-state index contributed by atoms with van der Waals surface area (Å²) in [5.41, 5.74) is 6.53. The molecule has 5 nitrogen and oxygen atoms in total. The molecule has 5 heteroatoms. The number of hydrogen-bond donors (Lipinski definition) is 2. The largest absolute Gasteiger partial charge is 0.368 e. The van der Waals surface area contributed by atoms with Gasteiger partial charge in [-0.1, -0.05) is 37.3 Å². The molecule has 0 fully saturated rings. The predicted molar refractivity (Wildman–Crippen MR) is 73.9 cm³/mol. The van der Waals surface area contributed by atoms with Gasteiger partial charge in [0.25, 0.3) is 5.91 Å². The second kappa shape index (κ2) is 5.95. The first-order chi connectivity index (χ1) is 9.16. The fraction of sp³-hybridized carbons (Fsp3) is 0.214. The lowest BCUT2D eigenvalue weighted by Crippen LogP contribution is -2.15. The first-order valence-electron chi connectivity index (χ1n) is 6.09. The number of nitrogens with zero attached hydrogens (tertiary/aromatic N) is 2. The third kappa shape index (κ3) is 3.51. The summed E-state index contributed by atoms with van der Waals surface area (Å²) in [6.45, 7) is 2.88. The van der Waals surface area contributed by atoms with Crippen molar-refractivity contribution >= 4 is 11.7 Å². The number of nitrogens with one attached hydrogen (secondary N) is 1. The summed E-state index contributed by atoms with van der Waals surface area (Å²) in [6, 6.07) is 13.5. The highest BCUT2D eigenvalue weighted by molar-refractivity contribution is 5.90. The number of aromatic nitrogens is 2. The molecule has 1 aromatic heterocycles. The number of rotatable bonds is 5. The summed E-state index contributed by atoms with van der Waals surface area (Å²) in [5, 5.41) is 10.8. The van der Waals surface area contributed by atoms with Gasteiger partial charge in [-0.05, 0) is 23.6 Å². The molecule has 3 N–H and O–H groups in total. The third-order valence-electron chi connectivity index (χ3n) is 2.87. The van der Waals surface area contributed by atoms with Crippen molar-refractivity contribution in [3.8, 4) is 0 Å². The average Bonchev–Trinajstić information content (AvgIpc) is 2.46. The standard InChI is InChI=1S/C14H16N4O/c1-10(11-5-3-2-4-6-11)9-16-13-8-7-12(14(15)19)17-18-13/h2-8,10H,9H2,1H3,(H2,15,19)(H,16,18). The molecule has 1 heterocycles. The number of amides is 1. The van der Waals surface area contributed by atoms with Crippen LogP contribution in [0.5, 0.6) is 0 Å². The summed E-state index contributed by atoms with van der Waals surface area (Å²) in [5.74, 6) is 0.420. The molecule has 0 bridgehead atoms. The highest BCUT2D eigenvalue weighted by Crippen LogP contribution is 2.15. The lowest BCUT2D eigenvalue weighted by molar-refractivity contribution is 0.0994. The van der Waals surface area contributed by atoms with Gasteiger partial charge in [-0.2, -0.15) is 0 Å². The minimum atomic E-state index is -0.572. The SMILES string of the molecule is CC(CNc1ccc(C(N)=O)nn1)c1ccccc1. The van der Waals surface area contributed by atoms with Crippen LogP contribution < -0.4 is 11.1 Å². The maximum absolute atomic E-state index is 10.9. The van der Waals surface area contributed by atoms with E-state index < -0.39 is 5.91 Å². The van der Waals surface area contributed by atoms with Gasteiger partial charge in [0.2, 0.25) is 0 Å². The van der Waals surface area contributed by atoms with Crippen molar-refractivity contribution in [2.45, 2.75) is 12.8 Å². The van der Waals surface area contributed by atoms with Crippen LogP contribution in [-0.2, 0) is 0 Å². The number of hydrogen-bond acceptors (Lipinski definition) is 4. The molecule has 0 aliphatic carbocycles. The van der Waals surface area contributed by atoms with Crippen molar-refractivity contribution in [2.75, 3.05) is 11.9 Å². The van der Waals surface area contributed by atoms with Crippen molar-refractivity contribution in [1.82, 2.24) is 10.2 Å². The zero-order chi connectivity index (χ0) is 13.7. The molecule has 0 spiro atoms. The monoisotopic (exact) mass is 256 g/mol. The van der Waals surface area contributed by atoms with Gasteiger partial charge in [0.1, 0.15) is 5.82 Å². The molecule has 19 heavy (non-hydrogen) atoms. The minimum absolute atomic E-state index is 0.168. The Morgan fingerprint density at radius 3 is 2.53 bits per heavy atom. The molecule has 1 unspecified atom stereocenters. The molecular formula is C14H16N4O. The fourth-order valence-corrected chi connectivity index (χ4v) is 1.72. The maximum atomic E-state index is 10.9. The van der Waals surface area contributed by atoms with Gasteiger partial charge < -0.3 is 11.1 Å². The number of anilines is 1. The van der Waals surface area contributed by atoms with Gasteiger partial charge in [0, 0.05) is 6.54 Å². The van der Waals surface area contributed by atoms with E-state index in [2.05, 4.69) is 34.6 Å². The smallest absolute Gasteiger partial charge is 0.269 e. The molecular weight excluding hydrogens is 240 g/mol. The summed E-state index contributed by atoms with van der Waals surface area (Å²) in [6.07, 6.45) is 0. The highest BCUT2D eigenvalue weighted by atomic mass is 16.1. The van der Waals surface area contributed by atoms with E-state index in [1.807, 2.05) is 18.2 Å². The van der Waals surface area contributed by atoms with Gasteiger partial charge in [-0.3, -0.25) is 4.79 Å². The van der Waals surface area contributed by atoms with Crippen LogP contribution in [0.15, 0.2) is 42.5 Å². The van der Waals surface area contributed by atoms with E-state index in [1.54, 1.807) is 12.1 Å². The molecule has 1 amide bonds. The van der Waals surface area contributed by atoms with Gasteiger partial charge in [0.15, 0.2) is 5.69 Å². The molecule has 2 rings (SSSR count). The van der Waals surface area contributed by atoms with E-state index in [0.717, 1.165) is 6.54 Å². The van der Waals surface area contributed by atoms with Crippen LogP contribution in [0, 0.1) is 0 Å². The first-order valence-corrected chi connectivity index (χ1v) is 6.09. The summed E-state index contributed by atoms with van der Waals surface area (Å²) < 4.78 is 0. The van der Waals surface area contributed by atoms with Crippen LogP contribution in [0.2, 0.25) is 0 Å². The lowest BCUT2D eigenvalue weighted by atomic mass is 10.0. The maximum Gasteiger partial charge on any atom is 0.269 e. The van der Waals surface area contributed by atoms with Gasteiger partial charge in [0.05, 0.1) is 0 Å². The number of carbonyl (C=O) groups excluding carboxylic acids is 1. The molecule has 1 atom stereocenters. The number of benzene rings is 1. The van der Waals surface area contributed by atoms with Crippen molar-refractivity contribution in [3.63, 3.8) is 0 Å². The molecule has 0 radical (unpaired) electrons. The van der Waals surface area contributed by atoms with E-state index in [0.29, 0.717) is 11.7 Å². The summed E-state index contributed by atoms with van der Waals surface area (Å²) in [7, 11) is 0. The zero-order valence-corrected chi connectivity index (χ0v) is 10.7. The molecule has 2 aromatic rings. The van der Waals surface area contributed by atoms with Gasteiger partial charge in [-0.25, -0.2) is 0 Å². The minimum Gasteiger partial charge on any atom is -0.368 e. The third-order valence-corrected chi connectivity index (χ3v) is 2.87. The Labute approximate surface area is 111 Å². The quantitative estimate of drug-likeness (QED) is 0.854. The van der Waals surface area contributed by atoms with E-state index in [-0.39, 0.29) is 5.69 Å². The number of nitrogens with two attached hydrogens (primary N) is 1. The van der Waals surface area contributed by atoms with E-state index in [1.165, 1.54) is 5.56 Å². The number of carbonyl (C=O) groups is 1. The van der Waals surface area contributed by atoms with Crippen LogP contribution >= 0.6 is 0 Å². The zero-order valence-electron chi connectivity index (χ0n) is 10.7. The number of primary amides is 1.